The summed E-state index contributed by atoms with van der Waals surface area (Å²) in [5.74, 6) is 0. The van der Waals surface area contributed by atoms with E-state index in [1.807, 2.05) is 0 Å². The van der Waals surface area contributed by atoms with Gasteiger partial charge in [-0.2, -0.15) is 5.26 Å². The van der Waals surface area contributed by atoms with E-state index in [2.05, 4.69) is 37.3 Å². The molecule has 0 bridgehead atoms. The smallest absolute Gasteiger partial charge is 0.0699 e. The molecule has 2 aliphatic carbocycles. The summed E-state index contributed by atoms with van der Waals surface area (Å²) in [5.41, 5.74) is 0.125. The van der Waals surface area contributed by atoms with Crippen LogP contribution in [0, 0.1) is 22.2 Å². The van der Waals surface area contributed by atoms with Crippen molar-refractivity contribution < 1.29 is 0 Å². The van der Waals surface area contributed by atoms with Crippen molar-refractivity contribution in [2.75, 3.05) is 0 Å². The number of allylic oxidation sites excluding steroid dienone is 4. The Balaban J connectivity index is 2.32. The van der Waals surface area contributed by atoms with Gasteiger partial charge in [0.25, 0.3) is 0 Å². The van der Waals surface area contributed by atoms with Crippen molar-refractivity contribution in [2.24, 2.45) is 10.8 Å². The molecule has 0 spiro atoms. The van der Waals surface area contributed by atoms with E-state index in [9.17, 15) is 5.26 Å². The van der Waals surface area contributed by atoms with Crippen LogP contribution in [-0.4, -0.2) is 0 Å². The second kappa shape index (κ2) is 2.73. The van der Waals surface area contributed by atoms with Gasteiger partial charge in [0.15, 0.2) is 0 Å². The van der Waals surface area contributed by atoms with Gasteiger partial charge >= 0.3 is 0 Å². The predicted octanol–water partition coefficient (Wildman–Crippen LogP) is 3.20. The molecule has 0 aromatic rings. The van der Waals surface area contributed by atoms with E-state index in [0.29, 0.717) is 0 Å². The molecule has 2 rings (SSSR count). The molecule has 1 heteroatoms. The van der Waals surface area contributed by atoms with E-state index >= 15 is 0 Å². The molecule has 0 aromatic carbocycles. The molecule has 0 radical (unpaired) electrons. The number of nitriles is 1. The average molecular weight is 173 g/mol. The van der Waals surface area contributed by atoms with Crippen LogP contribution in [0.15, 0.2) is 24.3 Å². The first-order valence-electron chi connectivity index (χ1n) is 5.04. The van der Waals surface area contributed by atoms with Crippen LogP contribution < -0.4 is 0 Å². The second-order valence-corrected chi connectivity index (χ2v) is 4.19. The van der Waals surface area contributed by atoms with Crippen LogP contribution in [0.4, 0.5) is 0 Å². The third-order valence-electron chi connectivity index (χ3n) is 3.69. The maximum absolute atomic E-state index is 9.20. The Labute approximate surface area is 79.8 Å². The van der Waals surface area contributed by atoms with E-state index < -0.39 is 0 Å². The van der Waals surface area contributed by atoms with E-state index in [1.165, 1.54) is 0 Å². The van der Waals surface area contributed by atoms with Gasteiger partial charge in [0.1, 0.15) is 0 Å². The quantitative estimate of drug-likeness (QED) is 0.629. The predicted molar refractivity (Wildman–Crippen MR) is 52.9 cm³/mol. The highest BCUT2D eigenvalue weighted by Gasteiger charge is 2.57. The molecule has 0 N–H and O–H groups in total. The van der Waals surface area contributed by atoms with Crippen molar-refractivity contribution in [2.45, 2.75) is 32.6 Å². The molecule has 1 atom stereocenters. The number of hydrogen-bond acceptors (Lipinski definition) is 1. The van der Waals surface area contributed by atoms with Crippen molar-refractivity contribution in [3.8, 4) is 6.07 Å². The van der Waals surface area contributed by atoms with Crippen LogP contribution in [0.25, 0.3) is 0 Å². The maximum Gasteiger partial charge on any atom is 0.0699 e. The summed E-state index contributed by atoms with van der Waals surface area (Å²) < 4.78 is 0. The van der Waals surface area contributed by atoms with Crippen molar-refractivity contribution in [3.05, 3.63) is 24.3 Å². The molecule has 1 unspecified atom stereocenters. The Morgan fingerprint density at radius 2 is 2.15 bits per heavy atom. The van der Waals surface area contributed by atoms with Crippen LogP contribution >= 0.6 is 0 Å². The lowest BCUT2D eigenvalue weighted by Crippen LogP contribution is -2.29. The maximum atomic E-state index is 9.20. The number of hydrogen-bond donors (Lipinski definition) is 0. The largest absolute Gasteiger partial charge is 0.198 e. The monoisotopic (exact) mass is 173 g/mol. The molecule has 1 fully saturated rings. The van der Waals surface area contributed by atoms with Crippen LogP contribution in [0.2, 0.25) is 0 Å². The van der Waals surface area contributed by atoms with Crippen LogP contribution in [0.1, 0.15) is 32.6 Å². The van der Waals surface area contributed by atoms with Crippen molar-refractivity contribution in [3.63, 3.8) is 0 Å². The standard InChI is InChI=1S/C12H15N/c1-2-11(6-4-3-5-7-11)12(10-13)8-9-12/h3-6H,2,7-9H2,1H3. The molecule has 1 saturated carbocycles. The Morgan fingerprint density at radius 1 is 1.38 bits per heavy atom. The van der Waals surface area contributed by atoms with E-state index in [1.54, 1.807) is 0 Å². The van der Waals surface area contributed by atoms with Gasteiger partial charge in [-0.3, -0.25) is 0 Å². The van der Waals surface area contributed by atoms with Gasteiger partial charge in [-0.05, 0) is 25.7 Å². The zero-order chi connectivity index (χ0) is 9.36. The zero-order valence-electron chi connectivity index (χ0n) is 8.09. The lowest BCUT2D eigenvalue weighted by molar-refractivity contribution is 0.251. The van der Waals surface area contributed by atoms with Gasteiger partial charge in [0.2, 0.25) is 0 Å². The van der Waals surface area contributed by atoms with Crippen molar-refractivity contribution >= 4 is 0 Å². The SMILES string of the molecule is CCC1(C2(C#N)CC2)C=CC=CC1. The van der Waals surface area contributed by atoms with Crippen LogP contribution in [-0.2, 0) is 0 Å². The second-order valence-electron chi connectivity index (χ2n) is 4.19. The fourth-order valence-corrected chi connectivity index (χ4v) is 2.47. The minimum atomic E-state index is -0.0248. The first kappa shape index (κ1) is 8.56. The number of nitrogens with zero attached hydrogens (tertiary/aromatic N) is 1. The van der Waals surface area contributed by atoms with Gasteiger partial charge in [-0.1, -0.05) is 31.2 Å². The van der Waals surface area contributed by atoms with Crippen LogP contribution in [0.5, 0.6) is 0 Å². The van der Waals surface area contributed by atoms with E-state index in [4.69, 9.17) is 0 Å². The highest BCUT2D eigenvalue weighted by atomic mass is 14.6. The fraction of sp³-hybridized carbons (Fsp3) is 0.583. The molecule has 0 heterocycles. The van der Waals surface area contributed by atoms with Gasteiger partial charge in [0, 0.05) is 5.41 Å². The minimum Gasteiger partial charge on any atom is -0.198 e. The third kappa shape index (κ3) is 1.05. The molecule has 0 aliphatic heterocycles. The average Bonchev–Trinajstić information content (AvgIpc) is 3.00. The molecule has 2 aliphatic rings. The first-order chi connectivity index (χ1) is 6.29. The summed E-state index contributed by atoms with van der Waals surface area (Å²) >= 11 is 0. The molecule has 68 valence electrons. The Hall–Kier alpha value is -1.03. The highest BCUT2D eigenvalue weighted by molar-refractivity contribution is 5.29. The van der Waals surface area contributed by atoms with Gasteiger partial charge < -0.3 is 0 Å². The Bertz CT molecular complexity index is 302. The molecular formula is C12H15N. The third-order valence-corrected chi connectivity index (χ3v) is 3.69. The normalized spacial score (nSPS) is 34.2. The zero-order valence-corrected chi connectivity index (χ0v) is 8.09. The summed E-state index contributed by atoms with van der Waals surface area (Å²) in [5, 5.41) is 9.20. The molecule has 1 nitrogen and oxygen atoms in total. The molecule has 0 amide bonds. The van der Waals surface area contributed by atoms with E-state index in [-0.39, 0.29) is 10.8 Å². The lowest BCUT2D eigenvalue weighted by atomic mass is 9.67. The molecule has 13 heavy (non-hydrogen) atoms. The van der Waals surface area contributed by atoms with Gasteiger partial charge in [0.05, 0.1) is 11.5 Å². The number of rotatable bonds is 2. The van der Waals surface area contributed by atoms with E-state index in [0.717, 1.165) is 25.7 Å². The van der Waals surface area contributed by atoms with Gasteiger partial charge in [-0.25, -0.2) is 0 Å². The highest BCUT2D eigenvalue weighted by Crippen LogP contribution is 2.62. The van der Waals surface area contributed by atoms with Gasteiger partial charge in [-0.15, -0.1) is 0 Å². The Kier molecular flexibility index (Phi) is 1.80. The Morgan fingerprint density at radius 3 is 2.54 bits per heavy atom. The summed E-state index contributed by atoms with van der Waals surface area (Å²) in [7, 11) is 0. The van der Waals surface area contributed by atoms with Crippen molar-refractivity contribution in [1.82, 2.24) is 0 Å². The lowest BCUT2D eigenvalue weighted by Gasteiger charge is -2.34. The summed E-state index contributed by atoms with van der Waals surface area (Å²) in [6, 6.07) is 2.53. The summed E-state index contributed by atoms with van der Waals surface area (Å²) in [4.78, 5) is 0. The van der Waals surface area contributed by atoms with Crippen LogP contribution in [0.3, 0.4) is 0 Å². The van der Waals surface area contributed by atoms with Crippen molar-refractivity contribution in [1.29, 1.82) is 5.26 Å². The summed E-state index contributed by atoms with van der Waals surface area (Å²) in [6.45, 7) is 2.20. The minimum absolute atomic E-state index is 0.0248. The fourth-order valence-electron chi connectivity index (χ4n) is 2.47. The summed E-state index contributed by atoms with van der Waals surface area (Å²) in [6.07, 6.45) is 13.0. The molecule has 0 aromatic heterocycles. The first-order valence-corrected chi connectivity index (χ1v) is 5.04. The topological polar surface area (TPSA) is 23.8 Å². The molecule has 0 saturated heterocycles. The molecular weight excluding hydrogens is 158 g/mol.